The highest BCUT2D eigenvalue weighted by atomic mass is 19.1. The first-order valence-electron chi connectivity index (χ1n) is 10.6. The molecule has 156 valence electrons. The topological polar surface area (TPSA) is 40.6 Å². The van der Waals surface area contributed by atoms with Crippen molar-refractivity contribution in [2.24, 2.45) is 5.92 Å². The Kier molecular flexibility index (Phi) is 5.71. The van der Waals surface area contributed by atoms with Gasteiger partial charge in [-0.1, -0.05) is 50.3 Å². The van der Waals surface area contributed by atoms with Crippen LogP contribution in [-0.4, -0.2) is 40.7 Å². The third-order valence-electron chi connectivity index (χ3n) is 5.81. The van der Waals surface area contributed by atoms with Gasteiger partial charge in [0.15, 0.2) is 0 Å². The molecule has 2 heterocycles. The molecule has 2 unspecified atom stereocenters. The van der Waals surface area contributed by atoms with Crippen LogP contribution in [0.25, 0.3) is 6.08 Å². The summed E-state index contributed by atoms with van der Waals surface area (Å²) < 4.78 is 14.3. The summed E-state index contributed by atoms with van der Waals surface area (Å²) in [5, 5.41) is 0. The SMILES string of the molecule is CC(C)CN(C(=O)c1ccccc1)C1C(=O)N2CCCC2/C=C\c2ccc(F)cc21. The zero-order valence-corrected chi connectivity index (χ0v) is 17.4. The average molecular weight is 407 g/mol. The highest BCUT2D eigenvalue weighted by Gasteiger charge is 2.40. The summed E-state index contributed by atoms with van der Waals surface area (Å²) in [5.74, 6) is -0.593. The molecule has 1 saturated heterocycles. The molecule has 0 bridgehead atoms. The van der Waals surface area contributed by atoms with Gasteiger partial charge in [-0.2, -0.15) is 0 Å². The number of rotatable bonds is 4. The second kappa shape index (κ2) is 8.42. The van der Waals surface area contributed by atoms with Crippen molar-refractivity contribution in [3.63, 3.8) is 0 Å². The molecule has 4 rings (SSSR count). The zero-order chi connectivity index (χ0) is 21.3. The maximum Gasteiger partial charge on any atom is 0.254 e. The quantitative estimate of drug-likeness (QED) is 0.740. The third-order valence-corrected chi connectivity index (χ3v) is 5.81. The Bertz CT molecular complexity index is 970. The van der Waals surface area contributed by atoms with Crippen molar-refractivity contribution in [3.8, 4) is 0 Å². The lowest BCUT2D eigenvalue weighted by atomic mass is 9.93. The van der Waals surface area contributed by atoms with Crippen LogP contribution < -0.4 is 0 Å². The van der Waals surface area contributed by atoms with E-state index in [1.54, 1.807) is 23.1 Å². The molecule has 0 radical (unpaired) electrons. The Labute approximate surface area is 177 Å². The average Bonchev–Trinajstić information content (AvgIpc) is 3.20. The van der Waals surface area contributed by atoms with Crippen molar-refractivity contribution >= 4 is 17.9 Å². The predicted molar refractivity (Wildman–Crippen MR) is 115 cm³/mol. The van der Waals surface area contributed by atoms with Crippen LogP contribution in [0, 0.1) is 11.7 Å². The summed E-state index contributed by atoms with van der Waals surface area (Å²) >= 11 is 0. The lowest BCUT2D eigenvalue weighted by Crippen LogP contribution is -2.48. The molecule has 2 aromatic rings. The molecule has 0 aromatic heterocycles. The summed E-state index contributed by atoms with van der Waals surface area (Å²) in [6.07, 6.45) is 5.83. The van der Waals surface area contributed by atoms with E-state index in [0.717, 1.165) is 18.4 Å². The van der Waals surface area contributed by atoms with E-state index in [1.165, 1.54) is 12.1 Å². The second-order valence-electron chi connectivity index (χ2n) is 8.49. The van der Waals surface area contributed by atoms with Gasteiger partial charge in [0.1, 0.15) is 11.9 Å². The highest BCUT2D eigenvalue weighted by molar-refractivity contribution is 5.98. The Balaban J connectivity index is 1.87. The number of halogens is 1. The van der Waals surface area contributed by atoms with Crippen LogP contribution in [0.15, 0.2) is 54.6 Å². The van der Waals surface area contributed by atoms with Gasteiger partial charge in [0, 0.05) is 18.7 Å². The van der Waals surface area contributed by atoms with Gasteiger partial charge in [-0.25, -0.2) is 4.39 Å². The third kappa shape index (κ3) is 3.89. The van der Waals surface area contributed by atoms with Crippen LogP contribution in [0.2, 0.25) is 0 Å². The van der Waals surface area contributed by atoms with Gasteiger partial charge < -0.3 is 9.80 Å². The summed E-state index contributed by atoms with van der Waals surface area (Å²) in [5.41, 5.74) is 1.86. The van der Waals surface area contributed by atoms with Gasteiger partial charge in [-0.3, -0.25) is 9.59 Å². The van der Waals surface area contributed by atoms with E-state index >= 15 is 0 Å². The van der Waals surface area contributed by atoms with E-state index in [1.807, 2.05) is 49.1 Å². The van der Waals surface area contributed by atoms with Crippen molar-refractivity contribution in [1.29, 1.82) is 0 Å². The molecule has 2 atom stereocenters. The monoisotopic (exact) mass is 406 g/mol. The zero-order valence-electron chi connectivity index (χ0n) is 17.4. The Morgan fingerprint density at radius 3 is 2.70 bits per heavy atom. The van der Waals surface area contributed by atoms with Gasteiger partial charge in [0.05, 0.1) is 6.04 Å². The number of hydrogen-bond donors (Lipinski definition) is 0. The molecule has 0 spiro atoms. The van der Waals surface area contributed by atoms with Gasteiger partial charge in [0.2, 0.25) is 0 Å². The van der Waals surface area contributed by atoms with Crippen molar-refractivity contribution in [2.75, 3.05) is 13.1 Å². The minimum Gasteiger partial charge on any atom is -0.334 e. The van der Waals surface area contributed by atoms with Gasteiger partial charge in [0.25, 0.3) is 11.8 Å². The highest BCUT2D eigenvalue weighted by Crippen LogP contribution is 2.35. The molecule has 2 aliphatic rings. The van der Waals surface area contributed by atoms with E-state index < -0.39 is 11.9 Å². The molecule has 1 fully saturated rings. The Morgan fingerprint density at radius 1 is 1.20 bits per heavy atom. The van der Waals surface area contributed by atoms with Gasteiger partial charge in [-0.05, 0) is 54.2 Å². The Hall–Kier alpha value is -2.95. The van der Waals surface area contributed by atoms with Crippen molar-refractivity contribution < 1.29 is 14.0 Å². The molecule has 30 heavy (non-hydrogen) atoms. The first-order chi connectivity index (χ1) is 14.5. The van der Waals surface area contributed by atoms with Gasteiger partial charge >= 0.3 is 0 Å². The number of hydrogen-bond acceptors (Lipinski definition) is 2. The van der Waals surface area contributed by atoms with Crippen LogP contribution in [-0.2, 0) is 4.79 Å². The van der Waals surface area contributed by atoms with Gasteiger partial charge in [-0.15, -0.1) is 0 Å². The summed E-state index contributed by atoms with van der Waals surface area (Å²) in [7, 11) is 0. The fraction of sp³-hybridized carbons (Fsp3) is 0.360. The number of nitrogens with zero attached hydrogens (tertiary/aromatic N) is 2. The number of carbonyl (C=O) groups excluding carboxylic acids is 2. The van der Waals surface area contributed by atoms with E-state index in [4.69, 9.17) is 0 Å². The molecule has 5 heteroatoms. The second-order valence-corrected chi connectivity index (χ2v) is 8.49. The van der Waals surface area contributed by atoms with Crippen molar-refractivity contribution in [2.45, 2.75) is 38.8 Å². The molecule has 2 aromatic carbocycles. The molecule has 0 N–H and O–H groups in total. The number of carbonyl (C=O) groups is 2. The van der Waals surface area contributed by atoms with Crippen molar-refractivity contribution in [3.05, 3.63) is 77.1 Å². The lowest BCUT2D eigenvalue weighted by molar-refractivity contribution is -0.136. The predicted octanol–water partition coefficient (Wildman–Crippen LogP) is 4.68. The molecule has 2 aliphatic heterocycles. The van der Waals surface area contributed by atoms with Crippen LogP contribution in [0.1, 0.15) is 54.2 Å². The van der Waals surface area contributed by atoms with E-state index in [0.29, 0.717) is 24.2 Å². The van der Waals surface area contributed by atoms with Crippen LogP contribution in [0.5, 0.6) is 0 Å². The largest absolute Gasteiger partial charge is 0.334 e. The maximum absolute atomic E-state index is 14.3. The smallest absolute Gasteiger partial charge is 0.254 e. The van der Waals surface area contributed by atoms with Crippen molar-refractivity contribution in [1.82, 2.24) is 9.80 Å². The lowest BCUT2D eigenvalue weighted by Gasteiger charge is -2.38. The fourth-order valence-corrected chi connectivity index (χ4v) is 4.45. The normalized spacial score (nSPS) is 21.6. The molecular weight excluding hydrogens is 379 g/mol. The standard InChI is InChI=1S/C25H27FN2O2/c1-17(2)16-28(24(29)19-7-4-3-5-8-19)23-22-15-20(26)12-10-18(22)11-13-21-9-6-14-27(21)25(23)30/h3-5,7-8,10-13,15,17,21,23H,6,9,14,16H2,1-2H3/b13-11-. The number of fused-ring (bicyclic) bond motifs is 2. The van der Waals surface area contributed by atoms with Crippen LogP contribution >= 0.6 is 0 Å². The first kappa shape index (κ1) is 20.3. The minimum atomic E-state index is -0.851. The summed E-state index contributed by atoms with van der Waals surface area (Å²) in [6.45, 7) is 5.10. The fourth-order valence-electron chi connectivity index (χ4n) is 4.45. The molecule has 4 nitrogen and oxygen atoms in total. The minimum absolute atomic E-state index is 0.0194. The van der Waals surface area contributed by atoms with Crippen LogP contribution in [0.4, 0.5) is 4.39 Å². The van der Waals surface area contributed by atoms with Crippen LogP contribution in [0.3, 0.4) is 0 Å². The van der Waals surface area contributed by atoms with E-state index in [2.05, 4.69) is 0 Å². The van der Waals surface area contributed by atoms with E-state index in [-0.39, 0.29) is 23.8 Å². The first-order valence-corrected chi connectivity index (χ1v) is 10.6. The summed E-state index contributed by atoms with van der Waals surface area (Å²) in [6, 6.07) is 12.7. The molecule has 0 saturated carbocycles. The molecule has 0 aliphatic carbocycles. The number of amides is 2. The maximum atomic E-state index is 14.3. The number of benzene rings is 2. The Morgan fingerprint density at radius 2 is 1.97 bits per heavy atom. The molecular formula is C25H27FN2O2. The molecule has 2 amide bonds. The van der Waals surface area contributed by atoms with E-state index in [9.17, 15) is 14.0 Å². The summed E-state index contributed by atoms with van der Waals surface area (Å²) in [4.78, 5) is 30.8.